The minimum absolute atomic E-state index is 0.384. The third kappa shape index (κ3) is 3.78. The Morgan fingerprint density at radius 3 is 1.50 bits per heavy atom. The summed E-state index contributed by atoms with van der Waals surface area (Å²) in [5, 5.41) is 10.7. The Morgan fingerprint density at radius 1 is 0.833 bits per heavy atom. The SMILES string of the molecule is Oc1cccs1.c1ccccc1. The average molecular weight is 178 g/mol. The van der Waals surface area contributed by atoms with Gasteiger partial charge in [-0.2, -0.15) is 0 Å². The van der Waals surface area contributed by atoms with Crippen LogP contribution >= 0.6 is 11.3 Å². The molecule has 2 aromatic rings. The molecule has 2 heteroatoms. The Morgan fingerprint density at radius 2 is 1.33 bits per heavy atom. The van der Waals surface area contributed by atoms with Crippen LogP contribution < -0.4 is 0 Å². The maximum Gasteiger partial charge on any atom is 0.171 e. The van der Waals surface area contributed by atoms with Crippen molar-refractivity contribution in [3.8, 4) is 5.06 Å². The second-order valence-corrected chi connectivity index (χ2v) is 3.03. The number of thiophene rings is 1. The van der Waals surface area contributed by atoms with Gasteiger partial charge in [0.05, 0.1) is 0 Å². The first-order valence-corrected chi connectivity index (χ1v) is 4.50. The fourth-order valence-electron chi connectivity index (χ4n) is 0.655. The average Bonchev–Trinajstić information content (AvgIpc) is 2.60. The predicted octanol–water partition coefficient (Wildman–Crippen LogP) is 3.14. The summed E-state index contributed by atoms with van der Waals surface area (Å²) < 4.78 is 0. The Balaban J connectivity index is 0.000000120. The molecular formula is C10H10OS. The van der Waals surface area contributed by atoms with Crippen LogP contribution in [0.2, 0.25) is 0 Å². The van der Waals surface area contributed by atoms with Gasteiger partial charge < -0.3 is 5.11 Å². The maximum atomic E-state index is 8.49. The van der Waals surface area contributed by atoms with E-state index in [0.29, 0.717) is 5.06 Å². The monoisotopic (exact) mass is 178 g/mol. The van der Waals surface area contributed by atoms with Gasteiger partial charge in [-0.1, -0.05) is 36.4 Å². The van der Waals surface area contributed by atoms with Gasteiger partial charge in [0.25, 0.3) is 0 Å². The van der Waals surface area contributed by atoms with E-state index < -0.39 is 0 Å². The molecule has 0 aliphatic rings. The maximum absolute atomic E-state index is 8.49. The third-order valence-corrected chi connectivity index (χ3v) is 1.84. The fraction of sp³-hybridized carbons (Fsp3) is 0. The lowest BCUT2D eigenvalue weighted by molar-refractivity contribution is 0.491. The molecule has 0 unspecified atom stereocenters. The predicted molar refractivity (Wildman–Crippen MR) is 52.4 cm³/mol. The van der Waals surface area contributed by atoms with E-state index in [0.717, 1.165) is 0 Å². The molecule has 12 heavy (non-hydrogen) atoms. The zero-order valence-electron chi connectivity index (χ0n) is 6.55. The highest BCUT2D eigenvalue weighted by atomic mass is 32.1. The van der Waals surface area contributed by atoms with Crippen LogP contribution in [0.1, 0.15) is 0 Å². The summed E-state index contributed by atoms with van der Waals surface area (Å²) in [7, 11) is 0. The van der Waals surface area contributed by atoms with Crippen molar-refractivity contribution in [2.45, 2.75) is 0 Å². The smallest absolute Gasteiger partial charge is 0.171 e. The summed E-state index contributed by atoms with van der Waals surface area (Å²) in [6.07, 6.45) is 0. The number of hydrogen-bond donors (Lipinski definition) is 1. The molecule has 0 saturated heterocycles. The lowest BCUT2D eigenvalue weighted by Crippen LogP contribution is -1.47. The molecule has 2 rings (SSSR count). The fourth-order valence-corrected chi connectivity index (χ4v) is 1.11. The van der Waals surface area contributed by atoms with Gasteiger partial charge in [-0.15, -0.1) is 11.3 Å². The number of rotatable bonds is 0. The molecule has 0 spiro atoms. The largest absolute Gasteiger partial charge is 0.499 e. The summed E-state index contributed by atoms with van der Waals surface area (Å²) >= 11 is 1.33. The molecule has 0 fully saturated rings. The van der Waals surface area contributed by atoms with Crippen molar-refractivity contribution in [3.05, 3.63) is 53.9 Å². The molecule has 1 N–H and O–H groups in total. The minimum Gasteiger partial charge on any atom is -0.499 e. The highest BCUT2D eigenvalue weighted by molar-refractivity contribution is 7.11. The van der Waals surface area contributed by atoms with Crippen molar-refractivity contribution < 1.29 is 5.11 Å². The highest BCUT2D eigenvalue weighted by Gasteiger charge is 1.77. The van der Waals surface area contributed by atoms with Gasteiger partial charge in [0.15, 0.2) is 5.06 Å². The van der Waals surface area contributed by atoms with E-state index in [1.807, 2.05) is 41.8 Å². The Labute approximate surface area is 75.9 Å². The van der Waals surface area contributed by atoms with Gasteiger partial charge in [-0.25, -0.2) is 0 Å². The molecule has 0 atom stereocenters. The van der Waals surface area contributed by atoms with E-state index in [1.54, 1.807) is 12.1 Å². The van der Waals surface area contributed by atoms with Crippen LogP contribution in [0, 0.1) is 0 Å². The van der Waals surface area contributed by atoms with Crippen LogP contribution in [0.4, 0.5) is 0 Å². The van der Waals surface area contributed by atoms with E-state index in [-0.39, 0.29) is 0 Å². The third-order valence-electron chi connectivity index (χ3n) is 1.17. The molecule has 1 nitrogen and oxygen atoms in total. The van der Waals surface area contributed by atoms with Crippen molar-refractivity contribution in [1.29, 1.82) is 0 Å². The molecule has 0 aliphatic carbocycles. The van der Waals surface area contributed by atoms with Crippen LogP contribution in [0.3, 0.4) is 0 Å². The van der Waals surface area contributed by atoms with E-state index >= 15 is 0 Å². The van der Waals surface area contributed by atoms with Crippen LogP contribution in [-0.4, -0.2) is 5.11 Å². The summed E-state index contributed by atoms with van der Waals surface area (Å²) in [4.78, 5) is 0. The van der Waals surface area contributed by atoms with Gasteiger partial charge in [0.2, 0.25) is 0 Å². The molecule has 0 bridgehead atoms. The van der Waals surface area contributed by atoms with Crippen molar-refractivity contribution in [2.24, 2.45) is 0 Å². The van der Waals surface area contributed by atoms with Crippen molar-refractivity contribution in [2.75, 3.05) is 0 Å². The summed E-state index contributed by atoms with van der Waals surface area (Å²) in [5.74, 6) is 0. The van der Waals surface area contributed by atoms with Crippen molar-refractivity contribution in [1.82, 2.24) is 0 Å². The van der Waals surface area contributed by atoms with E-state index in [2.05, 4.69) is 0 Å². The Hall–Kier alpha value is -1.28. The molecule has 0 radical (unpaired) electrons. The topological polar surface area (TPSA) is 20.2 Å². The highest BCUT2D eigenvalue weighted by Crippen LogP contribution is 2.14. The van der Waals surface area contributed by atoms with Gasteiger partial charge in [-0.05, 0) is 17.5 Å². The van der Waals surface area contributed by atoms with Gasteiger partial charge in [0, 0.05) is 0 Å². The van der Waals surface area contributed by atoms with Crippen LogP contribution in [0.15, 0.2) is 53.9 Å². The van der Waals surface area contributed by atoms with Crippen molar-refractivity contribution >= 4 is 11.3 Å². The molecular weight excluding hydrogens is 168 g/mol. The van der Waals surface area contributed by atoms with Crippen LogP contribution in [0.25, 0.3) is 0 Å². The van der Waals surface area contributed by atoms with Crippen LogP contribution in [0.5, 0.6) is 5.06 Å². The first-order chi connectivity index (χ1) is 5.89. The Kier molecular flexibility index (Phi) is 3.95. The number of benzene rings is 1. The minimum atomic E-state index is 0.384. The molecule has 62 valence electrons. The number of aromatic hydroxyl groups is 1. The quantitative estimate of drug-likeness (QED) is 0.657. The van der Waals surface area contributed by atoms with Crippen molar-refractivity contribution in [3.63, 3.8) is 0 Å². The molecule has 1 heterocycles. The molecule has 0 aliphatic heterocycles. The van der Waals surface area contributed by atoms with Gasteiger partial charge in [0.1, 0.15) is 0 Å². The summed E-state index contributed by atoms with van der Waals surface area (Å²) in [5.41, 5.74) is 0. The van der Waals surface area contributed by atoms with Gasteiger partial charge in [-0.3, -0.25) is 0 Å². The standard InChI is InChI=1S/C6H6.C4H4OS/c1-2-4-6-5-3-1;5-4-2-1-3-6-4/h1-6H;1-3,5H. The second-order valence-electron chi connectivity index (χ2n) is 2.11. The molecule has 1 aromatic carbocycles. The van der Waals surface area contributed by atoms with E-state index in [9.17, 15) is 0 Å². The lowest BCUT2D eigenvalue weighted by atomic mass is 10.4. The lowest BCUT2D eigenvalue weighted by Gasteiger charge is -1.69. The molecule has 0 saturated carbocycles. The zero-order chi connectivity index (χ0) is 8.65. The van der Waals surface area contributed by atoms with Crippen LogP contribution in [-0.2, 0) is 0 Å². The van der Waals surface area contributed by atoms with E-state index in [1.165, 1.54) is 11.3 Å². The zero-order valence-corrected chi connectivity index (χ0v) is 7.37. The second kappa shape index (κ2) is 5.38. The number of hydrogen-bond acceptors (Lipinski definition) is 2. The molecule has 0 amide bonds. The summed E-state index contributed by atoms with van der Waals surface area (Å²) in [6.45, 7) is 0. The molecule has 1 aromatic heterocycles. The normalized spacial score (nSPS) is 8.33. The summed E-state index contributed by atoms with van der Waals surface area (Å²) in [6, 6.07) is 15.5. The first-order valence-electron chi connectivity index (χ1n) is 3.62. The van der Waals surface area contributed by atoms with Gasteiger partial charge >= 0.3 is 0 Å². The Bertz CT molecular complexity index is 249. The van der Waals surface area contributed by atoms with E-state index in [4.69, 9.17) is 5.11 Å². The first kappa shape index (κ1) is 8.81.